The number of methoxy groups -OCH3 is 2. The number of nitrogens with one attached hydrogen (secondary N) is 2. The maximum atomic E-state index is 12.0. The number of carbonyl (C=O) groups excluding carboxylic acids is 1. The van der Waals surface area contributed by atoms with Crippen LogP contribution in [0.25, 0.3) is 11.3 Å². The number of nitrogens with two attached hydrogens (primary N) is 1. The number of amides is 2. The molecule has 0 saturated carbocycles. The van der Waals surface area contributed by atoms with Crippen molar-refractivity contribution in [3.63, 3.8) is 0 Å². The van der Waals surface area contributed by atoms with Crippen LogP contribution in [0.15, 0.2) is 48.7 Å². The van der Waals surface area contributed by atoms with Gasteiger partial charge < -0.3 is 25.8 Å². The largest absolute Gasteiger partial charge is 0.497 e. The first-order chi connectivity index (χ1) is 15.6. The molecule has 0 unspecified atom stereocenters. The van der Waals surface area contributed by atoms with Crippen molar-refractivity contribution in [2.24, 2.45) is 5.73 Å². The van der Waals surface area contributed by atoms with Crippen molar-refractivity contribution >= 4 is 11.7 Å². The van der Waals surface area contributed by atoms with Crippen LogP contribution >= 0.6 is 0 Å². The molecule has 0 saturated heterocycles. The van der Waals surface area contributed by atoms with Crippen LogP contribution in [0, 0.1) is 11.3 Å². The molecule has 0 radical (unpaired) electrons. The summed E-state index contributed by atoms with van der Waals surface area (Å²) in [6.07, 6.45) is 2.10. The number of aromatic nitrogens is 2. The highest BCUT2D eigenvalue weighted by molar-refractivity contribution is 5.89. The third kappa shape index (κ3) is 5.71. The molecule has 164 valence electrons. The van der Waals surface area contributed by atoms with Crippen LogP contribution < -0.4 is 25.8 Å². The Hall–Kier alpha value is -4.16. The zero-order chi connectivity index (χ0) is 22.9. The van der Waals surface area contributed by atoms with E-state index in [1.165, 1.54) is 7.11 Å². The maximum absolute atomic E-state index is 12.0. The Balaban J connectivity index is 1.84. The highest BCUT2D eigenvalue weighted by Gasteiger charge is 2.10. The molecule has 0 fully saturated rings. The number of urea groups is 1. The van der Waals surface area contributed by atoms with Gasteiger partial charge in [-0.25, -0.2) is 14.8 Å². The summed E-state index contributed by atoms with van der Waals surface area (Å²) < 4.78 is 10.6. The minimum atomic E-state index is -0.347. The first-order valence-corrected chi connectivity index (χ1v) is 9.89. The summed E-state index contributed by atoms with van der Waals surface area (Å²) in [7, 11) is 3.09. The van der Waals surface area contributed by atoms with E-state index in [4.69, 9.17) is 15.2 Å². The standard InChI is InChI=1S/C23H24N6O3/c1-31-19-10-15(9-18(13-19)28-23(30)27-8-6-24)11-22-26-7-5-20(29-22)16-3-4-21(32-2)17(12-16)14-25/h3-5,7,9-10,12-13H,6,8,11,24H2,1-2H3,(H2,27,28,30). The molecule has 4 N–H and O–H groups in total. The van der Waals surface area contributed by atoms with Crippen molar-refractivity contribution in [2.45, 2.75) is 6.42 Å². The minimum absolute atomic E-state index is 0.347. The quantitative estimate of drug-likeness (QED) is 0.498. The number of ether oxygens (including phenoxy) is 2. The predicted molar refractivity (Wildman–Crippen MR) is 121 cm³/mol. The molecule has 32 heavy (non-hydrogen) atoms. The summed E-state index contributed by atoms with van der Waals surface area (Å²) in [6, 6.07) is 14.3. The normalized spacial score (nSPS) is 10.2. The molecule has 9 nitrogen and oxygen atoms in total. The van der Waals surface area contributed by atoms with E-state index >= 15 is 0 Å². The van der Waals surface area contributed by atoms with Gasteiger partial charge in [-0.15, -0.1) is 0 Å². The third-order valence-corrected chi connectivity index (χ3v) is 4.57. The smallest absolute Gasteiger partial charge is 0.319 e. The first kappa shape index (κ1) is 22.5. The zero-order valence-electron chi connectivity index (χ0n) is 17.9. The van der Waals surface area contributed by atoms with Gasteiger partial charge in [0.15, 0.2) is 0 Å². The summed E-state index contributed by atoms with van der Waals surface area (Å²) >= 11 is 0. The maximum Gasteiger partial charge on any atom is 0.319 e. The van der Waals surface area contributed by atoms with Crippen molar-refractivity contribution in [3.8, 4) is 28.8 Å². The molecule has 3 aromatic rings. The molecule has 0 atom stereocenters. The lowest BCUT2D eigenvalue weighted by molar-refractivity contribution is 0.252. The summed E-state index contributed by atoms with van der Waals surface area (Å²) in [5.74, 6) is 1.70. The second-order valence-electron chi connectivity index (χ2n) is 6.80. The van der Waals surface area contributed by atoms with Gasteiger partial charge in [-0.2, -0.15) is 5.26 Å². The number of nitriles is 1. The number of anilines is 1. The van der Waals surface area contributed by atoms with Crippen molar-refractivity contribution in [1.82, 2.24) is 15.3 Å². The van der Waals surface area contributed by atoms with Crippen LogP contribution in [0.5, 0.6) is 11.5 Å². The van der Waals surface area contributed by atoms with Crippen LogP contribution in [-0.2, 0) is 6.42 Å². The molecule has 2 aromatic carbocycles. The Kier molecular flexibility index (Phi) is 7.56. The molecular weight excluding hydrogens is 408 g/mol. The molecule has 0 aliphatic heterocycles. The molecule has 0 spiro atoms. The van der Waals surface area contributed by atoms with Gasteiger partial charge in [-0.1, -0.05) is 0 Å². The third-order valence-electron chi connectivity index (χ3n) is 4.57. The SMILES string of the molecule is COc1cc(Cc2nccc(-c3ccc(OC)c(C#N)c3)n2)cc(NC(=O)NCCN)c1. The van der Waals surface area contributed by atoms with Gasteiger partial charge in [0.05, 0.1) is 25.5 Å². The second-order valence-corrected chi connectivity index (χ2v) is 6.80. The van der Waals surface area contributed by atoms with Crippen LogP contribution in [-0.4, -0.2) is 43.3 Å². The molecule has 0 aliphatic rings. The molecule has 0 aliphatic carbocycles. The predicted octanol–water partition coefficient (Wildman–Crippen LogP) is 2.70. The molecule has 0 bridgehead atoms. The molecule has 2 amide bonds. The number of hydrogen-bond acceptors (Lipinski definition) is 7. The van der Waals surface area contributed by atoms with Crippen molar-refractivity contribution in [2.75, 3.05) is 32.6 Å². The monoisotopic (exact) mass is 432 g/mol. The average Bonchev–Trinajstić information content (AvgIpc) is 2.82. The topological polar surface area (TPSA) is 135 Å². The van der Waals surface area contributed by atoms with E-state index in [-0.39, 0.29) is 6.03 Å². The average molecular weight is 432 g/mol. The van der Waals surface area contributed by atoms with E-state index in [9.17, 15) is 10.1 Å². The van der Waals surface area contributed by atoms with Gasteiger partial charge in [-0.05, 0) is 42.0 Å². The van der Waals surface area contributed by atoms with Gasteiger partial charge in [0.2, 0.25) is 0 Å². The Bertz CT molecular complexity index is 1140. The number of hydrogen-bond donors (Lipinski definition) is 3. The number of carbonyl (C=O) groups is 1. The van der Waals surface area contributed by atoms with Gasteiger partial charge in [0, 0.05) is 43.0 Å². The number of benzene rings is 2. The van der Waals surface area contributed by atoms with Crippen LogP contribution in [0.4, 0.5) is 10.5 Å². The molecule has 9 heteroatoms. The van der Waals surface area contributed by atoms with E-state index in [1.807, 2.05) is 18.2 Å². The Morgan fingerprint density at radius 1 is 1.16 bits per heavy atom. The lowest BCUT2D eigenvalue weighted by Crippen LogP contribution is -2.32. The van der Waals surface area contributed by atoms with Crippen LogP contribution in [0.2, 0.25) is 0 Å². The lowest BCUT2D eigenvalue weighted by atomic mass is 10.1. The fourth-order valence-corrected chi connectivity index (χ4v) is 3.10. The van der Waals surface area contributed by atoms with E-state index in [0.717, 1.165) is 11.1 Å². The molecular formula is C23H24N6O3. The summed E-state index contributed by atoms with van der Waals surface area (Å²) in [5.41, 5.74) is 8.77. The fraction of sp³-hybridized carbons (Fsp3) is 0.217. The van der Waals surface area contributed by atoms with Crippen molar-refractivity contribution in [1.29, 1.82) is 5.26 Å². The summed E-state index contributed by atoms with van der Waals surface area (Å²) in [4.78, 5) is 21.0. The van der Waals surface area contributed by atoms with E-state index in [1.54, 1.807) is 37.6 Å². The number of nitrogens with zero attached hydrogens (tertiary/aromatic N) is 3. The molecule has 1 aromatic heterocycles. The molecule has 1 heterocycles. The Morgan fingerprint density at radius 2 is 2.00 bits per heavy atom. The van der Waals surface area contributed by atoms with Crippen molar-refractivity contribution < 1.29 is 14.3 Å². The highest BCUT2D eigenvalue weighted by atomic mass is 16.5. The highest BCUT2D eigenvalue weighted by Crippen LogP contribution is 2.26. The van der Waals surface area contributed by atoms with Gasteiger partial charge in [0.1, 0.15) is 23.4 Å². The van der Waals surface area contributed by atoms with Gasteiger partial charge in [0.25, 0.3) is 0 Å². The number of rotatable bonds is 8. The first-order valence-electron chi connectivity index (χ1n) is 9.89. The van der Waals surface area contributed by atoms with Crippen molar-refractivity contribution in [3.05, 3.63) is 65.6 Å². The summed E-state index contributed by atoms with van der Waals surface area (Å²) in [5, 5.41) is 14.8. The van der Waals surface area contributed by atoms with Gasteiger partial charge >= 0.3 is 6.03 Å². The minimum Gasteiger partial charge on any atom is -0.497 e. The van der Waals surface area contributed by atoms with Crippen LogP contribution in [0.1, 0.15) is 17.0 Å². The Morgan fingerprint density at radius 3 is 2.72 bits per heavy atom. The Labute approximate surface area is 186 Å². The zero-order valence-corrected chi connectivity index (χ0v) is 17.9. The lowest BCUT2D eigenvalue weighted by Gasteiger charge is -2.11. The second kappa shape index (κ2) is 10.7. The summed E-state index contributed by atoms with van der Waals surface area (Å²) in [6.45, 7) is 0.733. The van der Waals surface area contributed by atoms with E-state index in [0.29, 0.717) is 53.8 Å². The van der Waals surface area contributed by atoms with E-state index < -0.39 is 0 Å². The molecule has 3 rings (SSSR count). The fourth-order valence-electron chi connectivity index (χ4n) is 3.10. The van der Waals surface area contributed by atoms with E-state index in [2.05, 4.69) is 26.7 Å². The van der Waals surface area contributed by atoms with Crippen LogP contribution in [0.3, 0.4) is 0 Å². The van der Waals surface area contributed by atoms with Gasteiger partial charge in [-0.3, -0.25) is 0 Å².